The third-order valence-electron chi connectivity index (χ3n) is 4.38. The third-order valence-corrected chi connectivity index (χ3v) is 4.38. The maximum atomic E-state index is 12.6. The van der Waals surface area contributed by atoms with E-state index in [2.05, 4.69) is 22.3 Å². The van der Waals surface area contributed by atoms with E-state index in [-0.39, 0.29) is 25.2 Å². The van der Waals surface area contributed by atoms with Crippen LogP contribution in [0.4, 0.5) is 18.9 Å². The number of hydrogen-bond acceptors (Lipinski definition) is 2. The van der Waals surface area contributed by atoms with Crippen molar-refractivity contribution < 1.29 is 13.2 Å². The number of fused-ring (bicyclic) bond motifs is 1. The molecule has 2 nitrogen and oxygen atoms in total. The first kappa shape index (κ1) is 16.4. The Balaban J connectivity index is 0.00000161. The van der Waals surface area contributed by atoms with Gasteiger partial charge in [0.1, 0.15) is 0 Å². The van der Waals surface area contributed by atoms with Gasteiger partial charge in [-0.15, -0.1) is 12.4 Å². The van der Waals surface area contributed by atoms with Gasteiger partial charge in [0.25, 0.3) is 0 Å². The standard InChI is InChI=1S/C15H19F3N2.ClH/c16-15(17,18)13-5-8-20(9-6-13)10-12-3-1-2-11-4-7-19-14(11)12;/h1-3,13,19H,4-10H2;1H. The summed E-state index contributed by atoms with van der Waals surface area (Å²) >= 11 is 0. The van der Waals surface area contributed by atoms with Gasteiger partial charge in [0.05, 0.1) is 5.92 Å². The fraction of sp³-hybridized carbons (Fsp3) is 0.600. The van der Waals surface area contributed by atoms with Gasteiger partial charge in [-0.05, 0) is 43.5 Å². The van der Waals surface area contributed by atoms with Crippen LogP contribution in [0, 0.1) is 5.92 Å². The molecule has 3 rings (SSSR count). The molecule has 118 valence electrons. The van der Waals surface area contributed by atoms with Gasteiger partial charge in [0, 0.05) is 18.8 Å². The zero-order chi connectivity index (χ0) is 14.2. The van der Waals surface area contributed by atoms with Crippen molar-refractivity contribution in [3.63, 3.8) is 0 Å². The summed E-state index contributed by atoms with van der Waals surface area (Å²) in [6.45, 7) is 2.78. The minimum atomic E-state index is -4.03. The molecule has 0 spiro atoms. The number of likely N-dealkylation sites (tertiary alicyclic amines) is 1. The quantitative estimate of drug-likeness (QED) is 0.890. The van der Waals surface area contributed by atoms with Gasteiger partial charge in [0.2, 0.25) is 0 Å². The van der Waals surface area contributed by atoms with Gasteiger partial charge < -0.3 is 5.32 Å². The zero-order valence-electron chi connectivity index (χ0n) is 11.7. The Morgan fingerprint density at radius 3 is 2.57 bits per heavy atom. The summed E-state index contributed by atoms with van der Waals surface area (Å²) < 4.78 is 37.9. The average molecular weight is 321 g/mol. The number of nitrogens with zero attached hydrogens (tertiary/aromatic N) is 1. The van der Waals surface area contributed by atoms with E-state index in [0.29, 0.717) is 13.1 Å². The van der Waals surface area contributed by atoms with Gasteiger partial charge in [-0.25, -0.2) is 0 Å². The highest BCUT2D eigenvalue weighted by molar-refractivity contribution is 5.85. The number of para-hydroxylation sites is 1. The largest absolute Gasteiger partial charge is 0.391 e. The Labute approximate surface area is 129 Å². The minimum absolute atomic E-state index is 0. The maximum absolute atomic E-state index is 12.6. The predicted molar refractivity (Wildman–Crippen MR) is 79.9 cm³/mol. The molecule has 2 aliphatic heterocycles. The first-order valence-electron chi connectivity index (χ1n) is 7.18. The second kappa shape index (κ2) is 6.44. The molecule has 0 saturated carbocycles. The second-order valence-corrected chi connectivity index (χ2v) is 5.72. The molecule has 0 radical (unpaired) electrons. The van der Waals surface area contributed by atoms with Crippen molar-refractivity contribution in [1.82, 2.24) is 4.90 Å². The predicted octanol–water partition coefficient (Wildman–Crippen LogP) is 3.85. The van der Waals surface area contributed by atoms with E-state index in [9.17, 15) is 13.2 Å². The number of rotatable bonds is 2. The Bertz CT molecular complexity index is 482. The highest BCUT2D eigenvalue weighted by atomic mass is 35.5. The van der Waals surface area contributed by atoms with Crippen LogP contribution in [0.15, 0.2) is 18.2 Å². The van der Waals surface area contributed by atoms with Crippen LogP contribution in [-0.4, -0.2) is 30.7 Å². The number of nitrogens with one attached hydrogen (secondary N) is 1. The number of piperidine rings is 1. The van der Waals surface area contributed by atoms with Crippen LogP contribution in [0.5, 0.6) is 0 Å². The molecule has 0 bridgehead atoms. The zero-order valence-corrected chi connectivity index (χ0v) is 12.6. The minimum Gasteiger partial charge on any atom is -0.384 e. The van der Waals surface area contributed by atoms with Crippen molar-refractivity contribution in [3.8, 4) is 0 Å². The third kappa shape index (κ3) is 3.64. The number of hydrogen-bond donors (Lipinski definition) is 1. The number of halogens is 4. The smallest absolute Gasteiger partial charge is 0.384 e. The lowest BCUT2D eigenvalue weighted by Crippen LogP contribution is -2.38. The molecule has 1 saturated heterocycles. The van der Waals surface area contributed by atoms with Crippen molar-refractivity contribution in [2.24, 2.45) is 5.92 Å². The van der Waals surface area contributed by atoms with E-state index in [0.717, 1.165) is 19.5 Å². The fourth-order valence-electron chi connectivity index (χ4n) is 3.20. The van der Waals surface area contributed by atoms with Gasteiger partial charge in [0.15, 0.2) is 0 Å². The van der Waals surface area contributed by atoms with E-state index in [4.69, 9.17) is 0 Å². The summed E-state index contributed by atoms with van der Waals surface area (Å²) in [6.07, 6.45) is -2.53. The van der Waals surface area contributed by atoms with Gasteiger partial charge >= 0.3 is 6.18 Å². The molecule has 0 amide bonds. The Hall–Kier alpha value is -0.940. The lowest BCUT2D eigenvalue weighted by atomic mass is 9.95. The Morgan fingerprint density at radius 1 is 1.19 bits per heavy atom. The molecule has 0 aromatic heterocycles. The SMILES string of the molecule is Cl.FC(F)(F)C1CCN(Cc2cccc3c2NCC3)CC1. The summed E-state index contributed by atoms with van der Waals surface area (Å²) in [7, 11) is 0. The van der Waals surface area contributed by atoms with Crippen LogP contribution in [0.1, 0.15) is 24.0 Å². The molecule has 1 aromatic carbocycles. The van der Waals surface area contributed by atoms with Crippen LogP contribution >= 0.6 is 12.4 Å². The number of anilines is 1. The summed E-state index contributed by atoms with van der Waals surface area (Å²) in [5.74, 6) is -1.11. The van der Waals surface area contributed by atoms with Crippen molar-refractivity contribution >= 4 is 18.1 Å². The molecular formula is C15H20ClF3N2. The average Bonchev–Trinajstić information content (AvgIpc) is 2.88. The van der Waals surface area contributed by atoms with Crippen molar-refractivity contribution in [2.75, 3.05) is 25.0 Å². The Kier molecular flexibility index (Phi) is 5.04. The van der Waals surface area contributed by atoms with E-state index in [1.807, 2.05) is 6.07 Å². The number of benzene rings is 1. The van der Waals surface area contributed by atoms with E-state index >= 15 is 0 Å². The van der Waals surface area contributed by atoms with Crippen molar-refractivity contribution in [2.45, 2.75) is 32.0 Å². The van der Waals surface area contributed by atoms with Crippen LogP contribution in [-0.2, 0) is 13.0 Å². The molecule has 2 heterocycles. The highest BCUT2D eigenvalue weighted by Gasteiger charge is 2.41. The summed E-state index contributed by atoms with van der Waals surface area (Å²) in [5, 5.41) is 3.38. The molecule has 1 N–H and O–H groups in total. The second-order valence-electron chi connectivity index (χ2n) is 5.72. The maximum Gasteiger partial charge on any atom is 0.391 e. The van der Waals surface area contributed by atoms with E-state index < -0.39 is 12.1 Å². The molecule has 21 heavy (non-hydrogen) atoms. The van der Waals surface area contributed by atoms with E-state index in [1.54, 1.807) is 0 Å². The first-order valence-corrected chi connectivity index (χ1v) is 7.18. The normalized spacial score (nSPS) is 19.8. The fourth-order valence-corrected chi connectivity index (χ4v) is 3.20. The molecule has 6 heteroatoms. The van der Waals surface area contributed by atoms with Crippen LogP contribution in [0.25, 0.3) is 0 Å². The van der Waals surface area contributed by atoms with Gasteiger partial charge in [-0.3, -0.25) is 4.90 Å². The highest BCUT2D eigenvalue weighted by Crippen LogP contribution is 2.35. The molecule has 0 unspecified atom stereocenters. The molecular weight excluding hydrogens is 301 g/mol. The van der Waals surface area contributed by atoms with Gasteiger partial charge in [-0.1, -0.05) is 18.2 Å². The first-order chi connectivity index (χ1) is 9.54. The van der Waals surface area contributed by atoms with Crippen LogP contribution in [0.2, 0.25) is 0 Å². The lowest BCUT2D eigenvalue weighted by molar-refractivity contribution is -0.185. The molecule has 1 fully saturated rings. The monoisotopic (exact) mass is 320 g/mol. The van der Waals surface area contributed by atoms with Crippen molar-refractivity contribution in [1.29, 1.82) is 0 Å². The lowest BCUT2D eigenvalue weighted by Gasteiger charge is -2.33. The van der Waals surface area contributed by atoms with Crippen LogP contribution in [0.3, 0.4) is 0 Å². The molecule has 1 aromatic rings. The van der Waals surface area contributed by atoms with E-state index in [1.165, 1.54) is 16.8 Å². The summed E-state index contributed by atoms with van der Waals surface area (Å²) in [6, 6.07) is 6.24. The van der Waals surface area contributed by atoms with Gasteiger partial charge in [-0.2, -0.15) is 13.2 Å². The summed E-state index contributed by atoms with van der Waals surface area (Å²) in [5.41, 5.74) is 3.74. The van der Waals surface area contributed by atoms with Crippen LogP contribution < -0.4 is 5.32 Å². The molecule has 2 aliphatic rings. The van der Waals surface area contributed by atoms with Crippen molar-refractivity contribution in [3.05, 3.63) is 29.3 Å². The molecule has 0 atom stereocenters. The Morgan fingerprint density at radius 2 is 1.90 bits per heavy atom. The molecule has 0 aliphatic carbocycles. The summed E-state index contributed by atoms with van der Waals surface area (Å²) in [4.78, 5) is 2.14. The topological polar surface area (TPSA) is 15.3 Å². The number of alkyl halides is 3.